The van der Waals surface area contributed by atoms with Crippen LogP contribution >= 0.6 is 0 Å². The molecule has 1 amide bonds. The number of hydrogen-bond acceptors (Lipinski definition) is 5. The van der Waals surface area contributed by atoms with Crippen LogP contribution in [0.5, 0.6) is 5.75 Å². The average Bonchev–Trinajstić information content (AvgIpc) is 2.61. The van der Waals surface area contributed by atoms with Gasteiger partial charge in [0.05, 0.1) is 6.42 Å². The van der Waals surface area contributed by atoms with Crippen LogP contribution in [-0.2, 0) is 20.7 Å². The number of nitrogens with one attached hydrogen (secondary N) is 1. The monoisotopic (exact) mass is 377 g/mol. The normalized spacial score (nSPS) is 10.4. The highest BCUT2D eigenvalue weighted by Crippen LogP contribution is 2.15. The van der Waals surface area contributed by atoms with Crippen LogP contribution in [0.15, 0.2) is 48.5 Å². The molecule has 8 heteroatoms. The molecule has 0 heterocycles. The minimum atomic E-state index is -2.92. The number of esters is 1. The summed E-state index contributed by atoms with van der Waals surface area (Å²) < 4.78 is 33.2. The third-order valence-electron chi connectivity index (χ3n) is 3.41. The van der Waals surface area contributed by atoms with Crippen molar-refractivity contribution in [2.45, 2.75) is 20.0 Å². The van der Waals surface area contributed by atoms with Crippen LogP contribution in [0.1, 0.15) is 22.8 Å². The number of halogens is 2. The molecule has 0 atom stereocenters. The number of benzene rings is 2. The summed E-state index contributed by atoms with van der Waals surface area (Å²) in [6.07, 6.45) is -0.123. The summed E-state index contributed by atoms with van der Waals surface area (Å²) in [5, 5.41) is 2.53. The molecule has 2 aromatic carbocycles. The Morgan fingerprint density at radius 3 is 2.41 bits per heavy atom. The molecule has 1 N–H and O–H groups in total. The minimum absolute atomic E-state index is 0.0192. The van der Waals surface area contributed by atoms with E-state index in [-0.39, 0.29) is 18.0 Å². The topological polar surface area (TPSA) is 81.7 Å². The molecule has 6 nitrogen and oxygen atoms in total. The zero-order valence-corrected chi connectivity index (χ0v) is 14.4. The van der Waals surface area contributed by atoms with Gasteiger partial charge in [0, 0.05) is 11.3 Å². The highest BCUT2D eigenvalue weighted by Gasteiger charge is 2.10. The van der Waals surface area contributed by atoms with Crippen molar-refractivity contribution < 1.29 is 32.6 Å². The molecule has 0 bridgehead atoms. The molecule has 0 saturated heterocycles. The Balaban J connectivity index is 1.80. The van der Waals surface area contributed by atoms with Gasteiger partial charge in [0.1, 0.15) is 5.75 Å². The first-order valence-electron chi connectivity index (χ1n) is 7.93. The summed E-state index contributed by atoms with van der Waals surface area (Å²) in [5.41, 5.74) is 1.39. The van der Waals surface area contributed by atoms with Crippen LogP contribution in [0.2, 0.25) is 0 Å². The van der Waals surface area contributed by atoms with E-state index in [0.717, 1.165) is 0 Å². The zero-order valence-electron chi connectivity index (χ0n) is 14.4. The lowest BCUT2D eigenvalue weighted by molar-refractivity contribution is -0.146. The number of ether oxygens (including phenoxy) is 2. The van der Waals surface area contributed by atoms with Crippen LogP contribution in [0.25, 0.3) is 0 Å². The lowest BCUT2D eigenvalue weighted by Gasteiger charge is -2.08. The fraction of sp³-hybridized carbons (Fsp3) is 0.211. The molecule has 0 radical (unpaired) electrons. The maximum atomic E-state index is 12.1. The van der Waals surface area contributed by atoms with Crippen LogP contribution in [0, 0.1) is 0 Å². The SMILES string of the molecule is CC(=O)c1cccc(NC(=O)COC(=O)Cc2ccc(OC(F)F)cc2)c1. The van der Waals surface area contributed by atoms with Crippen LogP contribution in [0.3, 0.4) is 0 Å². The quantitative estimate of drug-likeness (QED) is 0.564. The molecular weight excluding hydrogens is 360 g/mol. The maximum Gasteiger partial charge on any atom is 0.387 e. The number of hydrogen-bond donors (Lipinski definition) is 1. The van der Waals surface area contributed by atoms with Gasteiger partial charge in [-0.2, -0.15) is 8.78 Å². The number of anilines is 1. The van der Waals surface area contributed by atoms with Gasteiger partial charge in [-0.25, -0.2) is 0 Å². The van der Waals surface area contributed by atoms with Crippen molar-refractivity contribution >= 4 is 23.3 Å². The van der Waals surface area contributed by atoms with Crippen LogP contribution < -0.4 is 10.1 Å². The van der Waals surface area contributed by atoms with Gasteiger partial charge in [-0.15, -0.1) is 0 Å². The summed E-state index contributed by atoms with van der Waals surface area (Å²) in [5.74, 6) is -1.35. The van der Waals surface area contributed by atoms with Gasteiger partial charge in [0.25, 0.3) is 5.91 Å². The standard InChI is InChI=1S/C19H17F2NO5/c1-12(23)14-3-2-4-15(10-14)22-17(24)11-26-18(25)9-13-5-7-16(8-6-13)27-19(20)21/h2-8,10,19H,9,11H2,1H3,(H,22,24). The second-order valence-electron chi connectivity index (χ2n) is 5.55. The van der Waals surface area contributed by atoms with Crippen molar-refractivity contribution in [2.24, 2.45) is 0 Å². The summed E-state index contributed by atoms with van der Waals surface area (Å²) >= 11 is 0. The zero-order chi connectivity index (χ0) is 19.8. The fourth-order valence-corrected chi connectivity index (χ4v) is 2.17. The fourth-order valence-electron chi connectivity index (χ4n) is 2.17. The Labute approximate surface area is 154 Å². The molecule has 0 fully saturated rings. The van der Waals surface area contributed by atoms with E-state index >= 15 is 0 Å². The molecule has 0 unspecified atom stereocenters. The molecule has 0 aromatic heterocycles. The third-order valence-corrected chi connectivity index (χ3v) is 3.41. The lowest BCUT2D eigenvalue weighted by Crippen LogP contribution is -2.21. The smallest absolute Gasteiger partial charge is 0.387 e. The number of amides is 1. The van der Waals surface area contributed by atoms with Crippen LogP contribution in [-0.4, -0.2) is 30.9 Å². The van der Waals surface area contributed by atoms with E-state index in [0.29, 0.717) is 16.8 Å². The number of carbonyl (C=O) groups excluding carboxylic acids is 3. The maximum absolute atomic E-state index is 12.1. The Morgan fingerprint density at radius 1 is 1.07 bits per heavy atom. The summed E-state index contributed by atoms with van der Waals surface area (Å²) in [6.45, 7) is -2.00. The number of carbonyl (C=O) groups is 3. The van der Waals surface area contributed by atoms with Gasteiger partial charge >= 0.3 is 12.6 Å². The van der Waals surface area contributed by atoms with Gasteiger partial charge in [-0.1, -0.05) is 24.3 Å². The van der Waals surface area contributed by atoms with Gasteiger partial charge in [-0.05, 0) is 36.8 Å². The van der Waals surface area contributed by atoms with Crippen LogP contribution in [0.4, 0.5) is 14.5 Å². The van der Waals surface area contributed by atoms with Gasteiger partial charge in [0.15, 0.2) is 12.4 Å². The van der Waals surface area contributed by atoms with E-state index < -0.39 is 25.1 Å². The molecule has 0 aliphatic rings. The summed E-state index contributed by atoms with van der Waals surface area (Å²) in [7, 11) is 0. The van der Waals surface area contributed by atoms with Gasteiger partial charge in [-0.3, -0.25) is 14.4 Å². The predicted octanol–water partition coefficient (Wildman–Crippen LogP) is 3.22. The van der Waals surface area contributed by atoms with E-state index in [1.165, 1.54) is 37.3 Å². The molecule has 0 saturated carbocycles. The van der Waals surface area contributed by atoms with Crippen molar-refractivity contribution in [1.29, 1.82) is 0 Å². The third kappa shape index (κ3) is 6.85. The molecule has 0 aliphatic heterocycles. The second kappa shape index (κ2) is 9.42. The summed E-state index contributed by atoms with van der Waals surface area (Å²) in [6, 6.07) is 11.9. The van der Waals surface area contributed by atoms with E-state index in [9.17, 15) is 23.2 Å². The van der Waals surface area contributed by atoms with Crippen molar-refractivity contribution in [3.05, 3.63) is 59.7 Å². The van der Waals surface area contributed by atoms with Gasteiger partial charge < -0.3 is 14.8 Å². The molecule has 0 spiro atoms. The first-order valence-corrected chi connectivity index (χ1v) is 7.93. The second-order valence-corrected chi connectivity index (χ2v) is 5.55. The average molecular weight is 377 g/mol. The Hall–Kier alpha value is -3.29. The predicted molar refractivity (Wildman–Crippen MR) is 92.8 cm³/mol. The summed E-state index contributed by atoms with van der Waals surface area (Å²) in [4.78, 5) is 34.9. The van der Waals surface area contributed by atoms with E-state index in [1.807, 2.05) is 0 Å². The van der Waals surface area contributed by atoms with Crippen molar-refractivity contribution in [2.75, 3.05) is 11.9 Å². The first kappa shape index (κ1) is 20.0. The number of ketones is 1. The largest absolute Gasteiger partial charge is 0.455 e. The van der Waals surface area contributed by atoms with Crippen molar-refractivity contribution in [3.8, 4) is 5.75 Å². The Kier molecular flexibility index (Phi) is 6.99. The number of Topliss-reactive ketones (excluding diaryl/α,β-unsaturated/α-hetero) is 1. The molecular formula is C19H17F2NO5. The Morgan fingerprint density at radius 2 is 1.78 bits per heavy atom. The molecule has 0 aliphatic carbocycles. The highest BCUT2D eigenvalue weighted by molar-refractivity contribution is 5.97. The number of rotatable bonds is 8. The number of alkyl halides is 2. The molecule has 142 valence electrons. The van der Waals surface area contributed by atoms with Gasteiger partial charge in [0.2, 0.25) is 0 Å². The molecule has 2 aromatic rings. The van der Waals surface area contributed by atoms with E-state index in [2.05, 4.69) is 10.1 Å². The highest BCUT2D eigenvalue weighted by atomic mass is 19.3. The Bertz CT molecular complexity index is 821. The molecule has 2 rings (SSSR count). The lowest BCUT2D eigenvalue weighted by atomic mass is 10.1. The van der Waals surface area contributed by atoms with E-state index in [1.54, 1.807) is 18.2 Å². The molecule has 27 heavy (non-hydrogen) atoms. The first-order chi connectivity index (χ1) is 12.8. The van der Waals surface area contributed by atoms with Crippen molar-refractivity contribution in [3.63, 3.8) is 0 Å². The van der Waals surface area contributed by atoms with E-state index in [4.69, 9.17) is 4.74 Å². The van der Waals surface area contributed by atoms with Crippen molar-refractivity contribution in [1.82, 2.24) is 0 Å². The minimum Gasteiger partial charge on any atom is -0.455 e.